The number of aliphatic hydroxyl groups excluding tert-OH is 1. The second-order valence-corrected chi connectivity index (χ2v) is 6.16. The van der Waals surface area contributed by atoms with Crippen LogP contribution in [0.2, 0.25) is 5.02 Å². The van der Waals surface area contributed by atoms with Gasteiger partial charge in [-0.1, -0.05) is 11.6 Å². The van der Waals surface area contributed by atoms with E-state index in [1.807, 2.05) is 0 Å². The SMILES string of the molecule is CC(Oc1ccc(Cl)cc1Br)C(=O)NC(C)(C)CO. The molecule has 2 N–H and O–H groups in total. The fourth-order valence-electron chi connectivity index (χ4n) is 1.29. The van der Waals surface area contributed by atoms with Gasteiger partial charge in [0.2, 0.25) is 0 Å². The van der Waals surface area contributed by atoms with E-state index in [4.69, 9.17) is 21.4 Å². The second-order valence-electron chi connectivity index (χ2n) is 4.87. The van der Waals surface area contributed by atoms with E-state index in [1.54, 1.807) is 39.0 Å². The Balaban J connectivity index is 2.69. The zero-order valence-corrected chi connectivity index (χ0v) is 13.4. The standard InChI is InChI=1S/C13H17BrClNO3/c1-8(12(18)16-13(2,3)7-17)19-11-5-4-9(15)6-10(11)14/h4-6,8,17H,7H2,1-3H3,(H,16,18). The van der Waals surface area contributed by atoms with Gasteiger partial charge in [0.05, 0.1) is 16.6 Å². The summed E-state index contributed by atoms with van der Waals surface area (Å²) in [4.78, 5) is 11.9. The third kappa shape index (κ3) is 5.01. The smallest absolute Gasteiger partial charge is 0.261 e. The van der Waals surface area contributed by atoms with Crippen molar-refractivity contribution in [1.29, 1.82) is 0 Å². The lowest BCUT2D eigenvalue weighted by atomic mass is 10.1. The van der Waals surface area contributed by atoms with E-state index in [1.165, 1.54) is 0 Å². The molecule has 1 rings (SSSR count). The maximum absolute atomic E-state index is 11.9. The number of carbonyl (C=O) groups excluding carboxylic acids is 1. The van der Waals surface area contributed by atoms with E-state index in [2.05, 4.69) is 21.2 Å². The predicted octanol–water partition coefficient (Wildman–Crippen LogP) is 2.76. The van der Waals surface area contributed by atoms with E-state index in [-0.39, 0.29) is 12.5 Å². The maximum Gasteiger partial charge on any atom is 0.261 e. The van der Waals surface area contributed by atoms with Gasteiger partial charge in [-0.3, -0.25) is 4.79 Å². The summed E-state index contributed by atoms with van der Waals surface area (Å²) in [6.07, 6.45) is -0.677. The van der Waals surface area contributed by atoms with Crippen molar-refractivity contribution in [3.05, 3.63) is 27.7 Å². The number of halogens is 2. The first-order chi connectivity index (χ1) is 8.75. The third-order valence-corrected chi connectivity index (χ3v) is 3.28. The van der Waals surface area contributed by atoms with Crippen LogP contribution in [0.4, 0.5) is 0 Å². The fourth-order valence-corrected chi connectivity index (χ4v) is 2.07. The zero-order chi connectivity index (χ0) is 14.6. The molecule has 6 heteroatoms. The van der Waals surface area contributed by atoms with Crippen LogP contribution in [0.1, 0.15) is 20.8 Å². The van der Waals surface area contributed by atoms with Gasteiger partial charge in [0, 0.05) is 5.02 Å². The maximum atomic E-state index is 11.9. The molecular formula is C13H17BrClNO3. The Hall–Kier alpha value is -0.780. The topological polar surface area (TPSA) is 58.6 Å². The number of ether oxygens (including phenoxy) is 1. The highest BCUT2D eigenvalue weighted by molar-refractivity contribution is 9.10. The van der Waals surface area contributed by atoms with Gasteiger partial charge in [-0.05, 0) is 54.9 Å². The minimum absolute atomic E-state index is 0.143. The van der Waals surface area contributed by atoms with Gasteiger partial charge in [0.25, 0.3) is 5.91 Å². The Bertz CT molecular complexity index is 465. The lowest BCUT2D eigenvalue weighted by Gasteiger charge is -2.26. The van der Waals surface area contributed by atoms with Crippen molar-refractivity contribution in [2.24, 2.45) is 0 Å². The number of nitrogens with one attached hydrogen (secondary N) is 1. The second kappa shape index (κ2) is 6.59. The average Bonchev–Trinajstić information content (AvgIpc) is 2.32. The van der Waals surface area contributed by atoms with Gasteiger partial charge >= 0.3 is 0 Å². The summed E-state index contributed by atoms with van der Waals surface area (Å²) in [6, 6.07) is 5.07. The molecule has 0 aromatic heterocycles. The number of hydrogen-bond acceptors (Lipinski definition) is 3. The molecule has 0 aliphatic heterocycles. The predicted molar refractivity (Wildman–Crippen MR) is 78.5 cm³/mol. The van der Waals surface area contributed by atoms with E-state index in [0.29, 0.717) is 15.2 Å². The van der Waals surface area contributed by atoms with Crippen LogP contribution in [0.15, 0.2) is 22.7 Å². The summed E-state index contributed by atoms with van der Waals surface area (Å²) in [5.41, 5.74) is -0.675. The molecule has 0 heterocycles. The first-order valence-corrected chi connectivity index (χ1v) is 6.97. The van der Waals surface area contributed by atoms with Gasteiger partial charge in [-0.25, -0.2) is 0 Å². The van der Waals surface area contributed by atoms with Crippen molar-refractivity contribution < 1.29 is 14.6 Å². The molecule has 0 aliphatic rings. The molecule has 0 saturated carbocycles. The van der Waals surface area contributed by atoms with Gasteiger partial charge in [-0.2, -0.15) is 0 Å². The van der Waals surface area contributed by atoms with Gasteiger partial charge in [0.15, 0.2) is 6.10 Å². The van der Waals surface area contributed by atoms with Crippen LogP contribution in [-0.2, 0) is 4.79 Å². The van der Waals surface area contributed by atoms with Crippen LogP contribution < -0.4 is 10.1 Å². The molecule has 0 radical (unpaired) electrons. The molecule has 0 saturated heterocycles. The first kappa shape index (κ1) is 16.3. The van der Waals surface area contributed by atoms with E-state index in [0.717, 1.165) is 0 Å². The molecule has 1 aromatic rings. The number of carbonyl (C=O) groups is 1. The molecule has 4 nitrogen and oxygen atoms in total. The number of rotatable bonds is 5. The Morgan fingerprint density at radius 3 is 2.74 bits per heavy atom. The largest absolute Gasteiger partial charge is 0.480 e. The molecule has 0 fully saturated rings. The lowest BCUT2D eigenvalue weighted by Crippen LogP contribution is -2.50. The van der Waals surface area contributed by atoms with Crippen molar-refractivity contribution >= 4 is 33.4 Å². The normalized spacial score (nSPS) is 12.9. The van der Waals surface area contributed by atoms with Crippen LogP contribution in [0.5, 0.6) is 5.75 Å². The number of benzene rings is 1. The molecule has 106 valence electrons. The molecule has 0 aliphatic carbocycles. The highest BCUT2D eigenvalue weighted by atomic mass is 79.9. The molecule has 1 amide bonds. The molecule has 0 spiro atoms. The van der Waals surface area contributed by atoms with Crippen LogP contribution in [0, 0.1) is 0 Å². The average molecular weight is 351 g/mol. The highest BCUT2D eigenvalue weighted by Gasteiger charge is 2.24. The molecule has 0 bridgehead atoms. The molecular weight excluding hydrogens is 334 g/mol. The lowest BCUT2D eigenvalue weighted by molar-refractivity contribution is -0.129. The van der Waals surface area contributed by atoms with Gasteiger partial charge in [0.1, 0.15) is 5.75 Å². The van der Waals surface area contributed by atoms with Crippen molar-refractivity contribution in [2.45, 2.75) is 32.4 Å². The van der Waals surface area contributed by atoms with Crippen LogP contribution >= 0.6 is 27.5 Å². The summed E-state index contributed by atoms with van der Waals surface area (Å²) in [5, 5.41) is 12.4. The Kier molecular flexibility index (Phi) is 5.64. The third-order valence-electron chi connectivity index (χ3n) is 2.42. The van der Waals surface area contributed by atoms with E-state index in [9.17, 15) is 4.79 Å². The quantitative estimate of drug-likeness (QED) is 0.858. The van der Waals surface area contributed by atoms with Crippen molar-refractivity contribution in [1.82, 2.24) is 5.32 Å². The monoisotopic (exact) mass is 349 g/mol. The minimum atomic E-state index is -0.677. The number of amides is 1. The summed E-state index contributed by atoms with van der Waals surface area (Å²) in [5.74, 6) is 0.245. The Labute approximate surface area is 126 Å². The van der Waals surface area contributed by atoms with Crippen molar-refractivity contribution in [3.63, 3.8) is 0 Å². The summed E-state index contributed by atoms with van der Waals surface area (Å²) in [7, 11) is 0. The van der Waals surface area contributed by atoms with E-state index < -0.39 is 11.6 Å². The molecule has 19 heavy (non-hydrogen) atoms. The van der Waals surface area contributed by atoms with Crippen molar-refractivity contribution in [3.8, 4) is 5.75 Å². The first-order valence-electron chi connectivity index (χ1n) is 5.80. The fraction of sp³-hybridized carbons (Fsp3) is 0.462. The van der Waals surface area contributed by atoms with E-state index >= 15 is 0 Å². The van der Waals surface area contributed by atoms with Gasteiger partial charge in [-0.15, -0.1) is 0 Å². The summed E-state index contributed by atoms with van der Waals surface area (Å²) >= 11 is 9.15. The molecule has 1 atom stereocenters. The summed E-state index contributed by atoms with van der Waals surface area (Å²) < 4.78 is 6.23. The number of aliphatic hydroxyl groups is 1. The summed E-state index contributed by atoms with van der Waals surface area (Å²) in [6.45, 7) is 4.96. The van der Waals surface area contributed by atoms with Crippen LogP contribution in [0.3, 0.4) is 0 Å². The van der Waals surface area contributed by atoms with Crippen molar-refractivity contribution in [2.75, 3.05) is 6.61 Å². The highest BCUT2D eigenvalue weighted by Crippen LogP contribution is 2.28. The molecule has 1 aromatic carbocycles. The zero-order valence-electron chi connectivity index (χ0n) is 11.0. The van der Waals surface area contributed by atoms with Crippen LogP contribution in [-0.4, -0.2) is 29.3 Å². The minimum Gasteiger partial charge on any atom is -0.480 e. The number of hydrogen-bond donors (Lipinski definition) is 2. The molecule has 1 unspecified atom stereocenters. The van der Waals surface area contributed by atoms with Crippen LogP contribution in [0.25, 0.3) is 0 Å². The Morgan fingerprint density at radius 1 is 1.58 bits per heavy atom. The van der Waals surface area contributed by atoms with Gasteiger partial charge < -0.3 is 15.2 Å². The Morgan fingerprint density at radius 2 is 2.21 bits per heavy atom.